The van der Waals surface area contributed by atoms with Crippen molar-refractivity contribution in [2.24, 2.45) is 5.92 Å². The molecule has 0 aliphatic carbocycles. The van der Waals surface area contributed by atoms with E-state index in [4.69, 9.17) is 5.26 Å². The Bertz CT molecular complexity index is 213. The van der Waals surface area contributed by atoms with Gasteiger partial charge in [0, 0.05) is 13.1 Å². The van der Waals surface area contributed by atoms with E-state index in [-0.39, 0.29) is 0 Å². The van der Waals surface area contributed by atoms with E-state index in [2.05, 4.69) is 25.3 Å². The summed E-state index contributed by atoms with van der Waals surface area (Å²) in [7, 11) is 0. The van der Waals surface area contributed by atoms with Gasteiger partial charge in [-0.15, -0.1) is 0 Å². The van der Waals surface area contributed by atoms with Crippen LogP contribution in [0.25, 0.3) is 0 Å². The Morgan fingerprint density at radius 1 is 0.950 bits per heavy atom. The molecule has 0 saturated carbocycles. The van der Waals surface area contributed by atoms with Crippen molar-refractivity contribution in [1.29, 1.82) is 5.26 Å². The van der Waals surface area contributed by atoms with Crippen LogP contribution in [0.2, 0.25) is 0 Å². The molecule has 0 aromatic rings. The fourth-order valence-electron chi connectivity index (χ4n) is 3.14. The summed E-state index contributed by atoms with van der Waals surface area (Å²) in [5.41, 5.74) is 0. The summed E-state index contributed by atoms with van der Waals surface area (Å²) in [6.07, 6.45) is 15.9. The van der Waals surface area contributed by atoms with E-state index in [1.54, 1.807) is 0 Å². The predicted molar refractivity (Wildman–Crippen MR) is 88.7 cm³/mol. The third-order valence-corrected chi connectivity index (χ3v) is 4.32. The average molecular weight is 280 g/mol. The summed E-state index contributed by atoms with van der Waals surface area (Å²) in [5.74, 6) is 0.942. The first-order valence-electron chi connectivity index (χ1n) is 8.81. The standard InChI is InChI=1S/C17H35N.CHN/c1-3-4-5-6-7-8-9-10-11-14-18-15-12-13-17(2)16-18;1-2/h17H,3-16H2,1-2H3;1H. The summed E-state index contributed by atoms with van der Waals surface area (Å²) >= 11 is 0. The summed E-state index contributed by atoms with van der Waals surface area (Å²) in [5, 5.41) is 6.50. The molecule has 2 nitrogen and oxygen atoms in total. The summed E-state index contributed by atoms with van der Waals surface area (Å²) < 4.78 is 0. The van der Waals surface area contributed by atoms with Gasteiger partial charge in [0.1, 0.15) is 0 Å². The van der Waals surface area contributed by atoms with Crippen molar-refractivity contribution in [2.45, 2.75) is 84.5 Å². The molecule has 0 amide bonds. The molecular weight excluding hydrogens is 244 g/mol. The second-order valence-corrected chi connectivity index (χ2v) is 6.38. The molecule has 0 bridgehead atoms. The van der Waals surface area contributed by atoms with E-state index >= 15 is 0 Å². The van der Waals surface area contributed by atoms with Gasteiger partial charge in [0.15, 0.2) is 0 Å². The Hall–Kier alpha value is -0.550. The zero-order valence-electron chi connectivity index (χ0n) is 13.9. The maximum Gasteiger partial charge on any atom is 0.0462 e. The Balaban J connectivity index is 0.00000172. The molecule has 1 aliphatic heterocycles. The highest BCUT2D eigenvalue weighted by Crippen LogP contribution is 2.16. The number of likely N-dealkylation sites (tertiary alicyclic amines) is 1. The van der Waals surface area contributed by atoms with Crippen molar-refractivity contribution in [3.8, 4) is 6.57 Å². The quantitative estimate of drug-likeness (QED) is 0.502. The highest BCUT2D eigenvalue weighted by molar-refractivity contribution is 4.69. The molecule has 118 valence electrons. The van der Waals surface area contributed by atoms with Crippen LogP contribution in [0.4, 0.5) is 0 Å². The summed E-state index contributed by atoms with van der Waals surface area (Å²) in [6, 6.07) is 0. The average Bonchev–Trinajstić information content (AvgIpc) is 2.48. The fraction of sp³-hybridized carbons (Fsp3) is 0.944. The van der Waals surface area contributed by atoms with Gasteiger partial charge in [-0.05, 0) is 38.3 Å². The minimum atomic E-state index is 0.942. The predicted octanol–water partition coefficient (Wildman–Crippen LogP) is 5.39. The van der Waals surface area contributed by atoms with E-state index < -0.39 is 0 Å². The van der Waals surface area contributed by atoms with Crippen LogP contribution < -0.4 is 0 Å². The van der Waals surface area contributed by atoms with Gasteiger partial charge in [-0.1, -0.05) is 65.2 Å². The van der Waals surface area contributed by atoms with Gasteiger partial charge < -0.3 is 4.90 Å². The first-order valence-corrected chi connectivity index (χ1v) is 8.81. The summed E-state index contributed by atoms with van der Waals surface area (Å²) in [6.45, 7) is 12.3. The number of hydrogen-bond donors (Lipinski definition) is 0. The van der Waals surface area contributed by atoms with Gasteiger partial charge in [0.05, 0.1) is 0 Å². The van der Waals surface area contributed by atoms with Crippen LogP contribution in [0.5, 0.6) is 0 Å². The van der Waals surface area contributed by atoms with Crippen molar-refractivity contribution < 1.29 is 0 Å². The molecule has 1 heterocycles. The lowest BCUT2D eigenvalue weighted by Gasteiger charge is -2.30. The molecule has 0 radical (unpaired) electrons. The van der Waals surface area contributed by atoms with Crippen molar-refractivity contribution in [1.82, 2.24) is 4.90 Å². The monoisotopic (exact) mass is 280 g/mol. The van der Waals surface area contributed by atoms with Gasteiger partial charge in [-0.25, -0.2) is 5.26 Å². The molecule has 2 heteroatoms. The Morgan fingerprint density at radius 2 is 1.50 bits per heavy atom. The Labute approximate surface area is 127 Å². The highest BCUT2D eigenvalue weighted by Gasteiger charge is 2.14. The van der Waals surface area contributed by atoms with E-state index in [0.29, 0.717) is 0 Å². The molecule has 1 saturated heterocycles. The van der Waals surface area contributed by atoms with Crippen LogP contribution in [0.3, 0.4) is 0 Å². The topological polar surface area (TPSA) is 27.0 Å². The van der Waals surface area contributed by atoms with Gasteiger partial charge in [-0.2, -0.15) is 0 Å². The van der Waals surface area contributed by atoms with Crippen LogP contribution in [-0.4, -0.2) is 24.5 Å². The Kier molecular flexibility index (Phi) is 14.4. The largest absolute Gasteiger partial charge is 0.303 e. The van der Waals surface area contributed by atoms with Gasteiger partial charge in [0.25, 0.3) is 0 Å². The first kappa shape index (κ1) is 19.4. The zero-order valence-corrected chi connectivity index (χ0v) is 13.9. The molecule has 1 unspecified atom stereocenters. The van der Waals surface area contributed by atoms with Crippen LogP contribution >= 0.6 is 0 Å². The number of nitriles is 1. The lowest BCUT2D eigenvalue weighted by molar-refractivity contribution is 0.180. The number of rotatable bonds is 10. The maximum absolute atomic E-state index is 6.50. The minimum Gasteiger partial charge on any atom is -0.303 e. The molecule has 1 rings (SSSR count). The third kappa shape index (κ3) is 11.3. The van der Waals surface area contributed by atoms with Gasteiger partial charge in [-0.3, -0.25) is 0 Å². The lowest BCUT2D eigenvalue weighted by Crippen LogP contribution is -2.34. The van der Waals surface area contributed by atoms with Crippen molar-refractivity contribution in [3.63, 3.8) is 0 Å². The molecule has 0 spiro atoms. The van der Waals surface area contributed by atoms with E-state index in [9.17, 15) is 0 Å². The number of hydrogen-bond acceptors (Lipinski definition) is 2. The maximum atomic E-state index is 6.50. The number of unbranched alkanes of at least 4 members (excludes halogenated alkanes) is 8. The van der Waals surface area contributed by atoms with Crippen LogP contribution in [0, 0.1) is 17.8 Å². The molecule has 1 aliphatic rings. The van der Waals surface area contributed by atoms with Crippen LogP contribution in [0.1, 0.15) is 84.5 Å². The van der Waals surface area contributed by atoms with Crippen LogP contribution in [-0.2, 0) is 0 Å². The van der Waals surface area contributed by atoms with E-state index in [0.717, 1.165) is 5.92 Å². The molecule has 0 aromatic heterocycles. The SMILES string of the molecule is C#N.CCCCCCCCCCCN1CCCC(C)C1. The third-order valence-electron chi connectivity index (χ3n) is 4.32. The van der Waals surface area contributed by atoms with E-state index in [1.165, 1.54) is 90.3 Å². The summed E-state index contributed by atoms with van der Waals surface area (Å²) in [4.78, 5) is 2.69. The van der Waals surface area contributed by atoms with E-state index in [1.807, 2.05) is 0 Å². The molecule has 0 aromatic carbocycles. The Morgan fingerprint density at radius 3 is 2.05 bits per heavy atom. The highest BCUT2D eigenvalue weighted by atomic mass is 15.1. The van der Waals surface area contributed by atoms with Crippen molar-refractivity contribution >= 4 is 0 Å². The van der Waals surface area contributed by atoms with Gasteiger partial charge >= 0.3 is 0 Å². The van der Waals surface area contributed by atoms with Crippen molar-refractivity contribution in [2.75, 3.05) is 19.6 Å². The minimum absolute atomic E-state index is 0.942. The number of nitrogens with zero attached hydrogens (tertiary/aromatic N) is 2. The zero-order chi connectivity index (χ0) is 15.1. The fourth-order valence-corrected chi connectivity index (χ4v) is 3.14. The molecule has 1 fully saturated rings. The molecule has 0 N–H and O–H groups in total. The molecule has 1 atom stereocenters. The first-order chi connectivity index (χ1) is 9.83. The number of piperidine rings is 1. The van der Waals surface area contributed by atoms with Gasteiger partial charge in [0.2, 0.25) is 0 Å². The molecule has 20 heavy (non-hydrogen) atoms. The lowest BCUT2D eigenvalue weighted by atomic mass is 10.00. The van der Waals surface area contributed by atoms with Crippen molar-refractivity contribution in [3.05, 3.63) is 0 Å². The molecular formula is C18H36N2. The second kappa shape index (κ2) is 14.9. The smallest absolute Gasteiger partial charge is 0.0462 e. The van der Waals surface area contributed by atoms with Crippen LogP contribution in [0.15, 0.2) is 0 Å². The second-order valence-electron chi connectivity index (χ2n) is 6.38. The normalized spacial score (nSPS) is 19.3.